The number of carbonyl (C=O) groups is 2. The molecule has 0 aliphatic carbocycles. The van der Waals surface area contributed by atoms with Crippen LogP contribution in [0.15, 0.2) is 12.1 Å². The molecule has 2 rings (SSSR count). The molecular formula is C20H32N3O3+. The van der Waals surface area contributed by atoms with Crippen molar-refractivity contribution < 1.29 is 19.2 Å². The van der Waals surface area contributed by atoms with Crippen molar-refractivity contribution in [3.63, 3.8) is 0 Å². The maximum atomic E-state index is 12.0. The number of ether oxygens (including phenoxy) is 1. The highest BCUT2D eigenvalue weighted by Gasteiger charge is 2.23. The summed E-state index contributed by atoms with van der Waals surface area (Å²) < 4.78 is 5.87. The Balaban J connectivity index is 1.61. The highest BCUT2D eigenvalue weighted by molar-refractivity contribution is 5.76. The van der Waals surface area contributed by atoms with E-state index in [0.717, 1.165) is 38.3 Å². The number of quaternary nitrogens is 1. The van der Waals surface area contributed by atoms with E-state index >= 15 is 0 Å². The molecule has 0 unspecified atom stereocenters. The second kappa shape index (κ2) is 9.57. The van der Waals surface area contributed by atoms with Gasteiger partial charge in [-0.2, -0.15) is 0 Å². The Bertz CT molecular complexity index is 637. The minimum absolute atomic E-state index is 0.0684. The number of amides is 2. The predicted molar refractivity (Wildman–Crippen MR) is 102 cm³/mol. The Labute approximate surface area is 156 Å². The van der Waals surface area contributed by atoms with E-state index in [0.29, 0.717) is 19.7 Å². The smallest absolute Gasteiger partial charge is 0.275 e. The molecule has 1 fully saturated rings. The summed E-state index contributed by atoms with van der Waals surface area (Å²) in [7, 11) is 0. The lowest BCUT2D eigenvalue weighted by molar-refractivity contribution is -0.896. The van der Waals surface area contributed by atoms with Crippen LogP contribution < -0.4 is 15.0 Å². The summed E-state index contributed by atoms with van der Waals surface area (Å²) in [5, 5.41) is 2.97. The van der Waals surface area contributed by atoms with Crippen LogP contribution in [0.5, 0.6) is 5.75 Å². The molecule has 0 radical (unpaired) electrons. The maximum Gasteiger partial charge on any atom is 0.275 e. The number of benzene rings is 1. The summed E-state index contributed by atoms with van der Waals surface area (Å²) in [6.45, 7) is 12.7. The first-order chi connectivity index (χ1) is 12.4. The first kappa shape index (κ1) is 20.2. The van der Waals surface area contributed by atoms with E-state index in [1.807, 2.05) is 4.90 Å². The van der Waals surface area contributed by atoms with Crippen LogP contribution in [0.1, 0.15) is 30.0 Å². The first-order valence-corrected chi connectivity index (χ1v) is 9.43. The molecule has 2 amide bonds. The molecule has 1 aromatic carbocycles. The number of nitrogens with zero attached hydrogens (tertiary/aromatic N) is 1. The third kappa shape index (κ3) is 6.02. The maximum absolute atomic E-state index is 12.0. The zero-order valence-electron chi connectivity index (χ0n) is 16.5. The second-order valence-corrected chi connectivity index (χ2v) is 7.19. The third-order valence-corrected chi connectivity index (χ3v) is 4.99. The van der Waals surface area contributed by atoms with Crippen molar-refractivity contribution >= 4 is 11.8 Å². The number of hydrogen-bond donors (Lipinski definition) is 2. The van der Waals surface area contributed by atoms with Crippen molar-refractivity contribution in [1.29, 1.82) is 0 Å². The van der Waals surface area contributed by atoms with Gasteiger partial charge >= 0.3 is 0 Å². The number of carbonyl (C=O) groups excluding carboxylic acids is 2. The number of nitrogens with one attached hydrogen (secondary N) is 2. The minimum atomic E-state index is 0.0684. The van der Waals surface area contributed by atoms with Crippen LogP contribution in [-0.2, 0) is 9.59 Å². The van der Waals surface area contributed by atoms with Gasteiger partial charge in [-0.1, -0.05) is 6.07 Å². The van der Waals surface area contributed by atoms with Crippen LogP contribution in [0, 0.1) is 20.8 Å². The SMILES string of the molecule is CC(=O)N1CC[NH+](CC(=O)NCCCOc2cc(C)cc(C)c2C)CC1. The van der Waals surface area contributed by atoms with Crippen molar-refractivity contribution in [3.8, 4) is 5.75 Å². The van der Waals surface area contributed by atoms with Crippen molar-refractivity contribution in [2.75, 3.05) is 45.9 Å². The summed E-state index contributed by atoms with van der Waals surface area (Å²) in [5.74, 6) is 1.12. The van der Waals surface area contributed by atoms with E-state index < -0.39 is 0 Å². The third-order valence-electron chi connectivity index (χ3n) is 4.99. The van der Waals surface area contributed by atoms with Crippen molar-refractivity contribution in [2.45, 2.75) is 34.1 Å². The Morgan fingerprint density at radius 3 is 2.54 bits per heavy atom. The van der Waals surface area contributed by atoms with Gasteiger partial charge in [0.25, 0.3) is 5.91 Å². The van der Waals surface area contributed by atoms with E-state index in [1.54, 1.807) is 6.92 Å². The molecule has 144 valence electrons. The molecule has 0 bridgehead atoms. The molecule has 0 saturated carbocycles. The molecule has 1 aromatic rings. The van der Waals surface area contributed by atoms with E-state index in [9.17, 15) is 9.59 Å². The van der Waals surface area contributed by atoms with Gasteiger partial charge < -0.3 is 19.9 Å². The van der Waals surface area contributed by atoms with Gasteiger partial charge in [0, 0.05) is 13.5 Å². The molecule has 1 heterocycles. The average Bonchev–Trinajstić information content (AvgIpc) is 2.59. The van der Waals surface area contributed by atoms with E-state index in [4.69, 9.17) is 4.74 Å². The van der Waals surface area contributed by atoms with Gasteiger partial charge in [0.1, 0.15) is 5.75 Å². The fraction of sp³-hybridized carbons (Fsp3) is 0.600. The molecule has 0 atom stereocenters. The number of aryl methyl sites for hydroxylation is 2. The summed E-state index contributed by atoms with van der Waals surface area (Å²) in [6, 6.07) is 4.21. The Morgan fingerprint density at radius 1 is 1.19 bits per heavy atom. The van der Waals surface area contributed by atoms with Gasteiger partial charge in [0.05, 0.1) is 32.8 Å². The normalized spacial score (nSPS) is 15.0. The van der Waals surface area contributed by atoms with Gasteiger partial charge in [0.15, 0.2) is 6.54 Å². The quantitative estimate of drug-likeness (QED) is 0.684. The Kier molecular flexibility index (Phi) is 7.45. The number of rotatable bonds is 7. The zero-order valence-corrected chi connectivity index (χ0v) is 16.5. The zero-order chi connectivity index (χ0) is 19.1. The lowest BCUT2D eigenvalue weighted by Crippen LogP contribution is -3.15. The van der Waals surface area contributed by atoms with Crippen molar-refractivity contribution in [2.24, 2.45) is 0 Å². The van der Waals surface area contributed by atoms with Crippen LogP contribution in [-0.4, -0.2) is 62.6 Å². The van der Waals surface area contributed by atoms with Gasteiger partial charge in [-0.25, -0.2) is 0 Å². The Morgan fingerprint density at radius 2 is 1.88 bits per heavy atom. The Hall–Kier alpha value is -2.08. The molecule has 1 aliphatic rings. The molecular weight excluding hydrogens is 330 g/mol. The van der Waals surface area contributed by atoms with Crippen LogP contribution in [0.25, 0.3) is 0 Å². The monoisotopic (exact) mass is 362 g/mol. The summed E-state index contributed by atoms with van der Waals surface area (Å²) in [5.41, 5.74) is 3.61. The summed E-state index contributed by atoms with van der Waals surface area (Å²) in [4.78, 5) is 26.4. The first-order valence-electron chi connectivity index (χ1n) is 9.43. The fourth-order valence-corrected chi connectivity index (χ4v) is 3.24. The summed E-state index contributed by atoms with van der Waals surface area (Å²) in [6.07, 6.45) is 0.783. The van der Waals surface area contributed by atoms with Crippen molar-refractivity contribution in [1.82, 2.24) is 10.2 Å². The molecule has 6 nitrogen and oxygen atoms in total. The number of piperazine rings is 1. The van der Waals surface area contributed by atoms with Crippen LogP contribution in [0.4, 0.5) is 0 Å². The average molecular weight is 362 g/mol. The van der Waals surface area contributed by atoms with Crippen molar-refractivity contribution in [3.05, 3.63) is 28.8 Å². The molecule has 6 heteroatoms. The minimum Gasteiger partial charge on any atom is -0.493 e. The van der Waals surface area contributed by atoms with Gasteiger partial charge in [-0.05, 0) is 49.9 Å². The van der Waals surface area contributed by atoms with E-state index in [1.165, 1.54) is 21.6 Å². The molecule has 1 saturated heterocycles. The fourth-order valence-electron chi connectivity index (χ4n) is 3.24. The topological polar surface area (TPSA) is 63.1 Å². The lowest BCUT2D eigenvalue weighted by Gasteiger charge is -2.31. The van der Waals surface area contributed by atoms with Crippen LogP contribution in [0.2, 0.25) is 0 Å². The predicted octanol–water partition coefficient (Wildman–Crippen LogP) is 0.244. The molecule has 26 heavy (non-hydrogen) atoms. The molecule has 2 N–H and O–H groups in total. The van der Waals surface area contributed by atoms with Gasteiger partial charge in [-0.3, -0.25) is 9.59 Å². The highest BCUT2D eigenvalue weighted by atomic mass is 16.5. The standard InChI is InChI=1S/C20H31N3O3/c1-15-12-16(2)17(3)19(13-15)26-11-5-6-21-20(25)14-22-7-9-23(10-8-22)18(4)24/h12-13H,5-11,14H2,1-4H3,(H,21,25)/p+1. The van der Waals surface area contributed by atoms with Crippen LogP contribution >= 0.6 is 0 Å². The number of hydrogen-bond acceptors (Lipinski definition) is 3. The van der Waals surface area contributed by atoms with Gasteiger partial charge in [0.2, 0.25) is 5.91 Å². The van der Waals surface area contributed by atoms with E-state index in [2.05, 4.69) is 38.2 Å². The molecule has 1 aliphatic heterocycles. The molecule has 0 aromatic heterocycles. The largest absolute Gasteiger partial charge is 0.493 e. The van der Waals surface area contributed by atoms with Gasteiger partial charge in [-0.15, -0.1) is 0 Å². The molecule has 0 spiro atoms. The van der Waals surface area contributed by atoms with E-state index in [-0.39, 0.29) is 11.8 Å². The van der Waals surface area contributed by atoms with Crippen LogP contribution in [0.3, 0.4) is 0 Å². The summed E-state index contributed by atoms with van der Waals surface area (Å²) >= 11 is 0. The second-order valence-electron chi connectivity index (χ2n) is 7.19. The lowest BCUT2D eigenvalue weighted by atomic mass is 10.1. The highest BCUT2D eigenvalue weighted by Crippen LogP contribution is 2.23.